The Morgan fingerprint density at radius 2 is 1.67 bits per heavy atom. The van der Waals surface area contributed by atoms with Gasteiger partial charge in [-0.25, -0.2) is 0 Å². The molecule has 5 nitrogen and oxygen atoms in total. The summed E-state index contributed by atoms with van der Waals surface area (Å²) in [6, 6.07) is -1.17. The maximum Gasteiger partial charge on any atom is 0.471 e. The number of carbonyl (C=O) groups excluding carboxylic acids is 1. The van der Waals surface area contributed by atoms with E-state index in [-0.39, 0.29) is 6.42 Å². The summed E-state index contributed by atoms with van der Waals surface area (Å²) in [7, 11) is 0. The summed E-state index contributed by atoms with van der Waals surface area (Å²) in [6.07, 6.45) is -3.51. The summed E-state index contributed by atoms with van der Waals surface area (Å²) in [6.45, 7) is 0.642. The van der Waals surface area contributed by atoms with Crippen molar-refractivity contribution in [1.29, 1.82) is 0 Å². The molecule has 2 rings (SSSR count). The highest BCUT2D eigenvalue weighted by molar-refractivity contribution is 5.82. The Labute approximate surface area is 120 Å². The molecular weight excluding hydrogens is 291 g/mol. The first kappa shape index (κ1) is 16.1. The third-order valence-corrected chi connectivity index (χ3v) is 4.21. The molecule has 1 aliphatic heterocycles. The molecule has 0 bridgehead atoms. The average molecular weight is 309 g/mol. The third-order valence-electron chi connectivity index (χ3n) is 4.21. The lowest BCUT2D eigenvalue weighted by molar-refractivity contribution is -0.192. The van der Waals surface area contributed by atoms with Gasteiger partial charge in [-0.3, -0.25) is 9.59 Å². The van der Waals surface area contributed by atoms with Gasteiger partial charge in [0.1, 0.15) is 0 Å². The van der Waals surface area contributed by atoms with Gasteiger partial charge in [-0.15, -0.1) is 0 Å². The first-order valence-electron chi connectivity index (χ1n) is 7.00. The summed E-state index contributed by atoms with van der Waals surface area (Å²) in [4.78, 5) is 23.6. The third kappa shape index (κ3) is 3.66. The predicted octanol–water partition coefficient (Wildman–Crippen LogP) is 1.81. The van der Waals surface area contributed by atoms with Crippen LogP contribution in [0.15, 0.2) is 0 Å². The van der Waals surface area contributed by atoms with Gasteiger partial charge in [0.15, 0.2) is 0 Å². The molecular formula is C13H18F3NO4. The molecule has 1 saturated heterocycles. The number of hydrogen-bond donors (Lipinski definition) is 1. The van der Waals surface area contributed by atoms with E-state index in [9.17, 15) is 22.8 Å². The van der Waals surface area contributed by atoms with E-state index in [1.54, 1.807) is 0 Å². The second kappa shape index (κ2) is 6.21. The molecule has 0 aromatic carbocycles. The minimum absolute atomic E-state index is 0.0918. The number of ether oxygens (including phenoxy) is 1. The smallest absolute Gasteiger partial charge is 0.471 e. The first-order valence-corrected chi connectivity index (χ1v) is 7.00. The zero-order valence-electron chi connectivity index (χ0n) is 11.4. The van der Waals surface area contributed by atoms with E-state index in [0.717, 1.165) is 4.90 Å². The molecule has 2 atom stereocenters. The normalized spacial score (nSPS) is 27.6. The maximum absolute atomic E-state index is 12.8. The molecule has 2 aliphatic rings. The van der Waals surface area contributed by atoms with Crippen LogP contribution >= 0.6 is 0 Å². The van der Waals surface area contributed by atoms with Gasteiger partial charge in [0, 0.05) is 25.3 Å². The lowest BCUT2D eigenvalue weighted by Gasteiger charge is -2.38. The second-order valence-corrected chi connectivity index (χ2v) is 5.56. The Morgan fingerprint density at radius 1 is 1.05 bits per heavy atom. The fourth-order valence-electron chi connectivity index (χ4n) is 3.17. The van der Waals surface area contributed by atoms with Crippen molar-refractivity contribution in [2.45, 2.75) is 50.4 Å². The molecule has 1 saturated carbocycles. The predicted molar refractivity (Wildman–Crippen MR) is 65.5 cm³/mol. The van der Waals surface area contributed by atoms with Crippen LogP contribution in [0.2, 0.25) is 0 Å². The molecule has 1 N–H and O–H groups in total. The molecule has 0 unspecified atom stereocenters. The number of hydrogen-bond acceptors (Lipinski definition) is 3. The molecule has 120 valence electrons. The van der Waals surface area contributed by atoms with E-state index in [0.29, 0.717) is 38.9 Å². The van der Waals surface area contributed by atoms with Crippen molar-refractivity contribution in [3.05, 3.63) is 0 Å². The zero-order chi connectivity index (χ0) is 15.6. The van der Waals surface area contributed by atoms with E-state index in [1.807, 2.05) is 0 Å². The lowest BCUT2D eigenvalue weighted by Crippen LogP contribution is -2.53. The molecule has 1 heterocycles. The molecule has 21 heavy (non-hydrogen) atoms. The Morgan fingerprint density at radius 3 is 2.14 bits per heavy atom. The first-order chi connectivity index (χ1) is 9.80. The number of amides is 1. The number of halogens is 3. The quantitative estimate of drug-likeness (QED) is 0.863. The summed E-state index contributed by atoms with van der Waals surface area (Å²) >= 11 is 0. The van der Waals surface area contributed by atoms with Gasteiger partial charge in [-0.05, 0) is 32.1 Å². The lowest BCUT2D eigenvalue weighted by atomic mass is 10.0. The maximum atomic E-state index is 12.8. The zero-order valence-corrected chi connectivity index (χ0v) is 11.4. The Hall–Kier alpha value is -1.31. The molecule has 0 spiro atoms. The van der Waals surface area contributed by atoms with Crippen LogP contribution in [0.5, 0.6) is 0 Å². The van der Waals surface area contributed by atoms with Gasteiger partial charge in [0.05, 0.1) is 5.92 Å². The number of aliphatic carboxylic acids is 1. The number of carbonyl (C=O) groups is 2. The minimum atomic E-state index is -4.93. The van der Waals surface area contributed by atoms with Crippen LogP contribution in [0.4, 0.5) is 13.2 Å². The molecule has 1 amide bonds. The van der Waals surface area contributed by atoms with Crippen LogP contribution in [0.3, 0.4) is 0 Å². The molecule has 1 aliphatic carbocycles. The van der Waals surface area contributed by atoms with Crippen molar-refractivity contribution < 1.29 is 32.6 Å². The van der Waals surface area contributed by atoms with Crippen molar-refractivity contribution >= 4 is 11.9 Å². The molecule has 8 heteroatoms. The van der Waals surface area contributed by atoms with E-state index in [1.165, 1.54) is 0 Å². The number of nitrogens with zero attached hydrogens (tertiary/aromatic N) is 1. The summed E-state index contributed by atoms with van der Waals surface area (Å²) in [5, 5.41) is 8.98. The second-order valence-electron chi connectivity index (χ2n) is 5.56. The standard InChI is InChI=1S/C13H18F3NO4/c14-13(15,16)12(20)17(9-3-5-21-6-4-9)10-2-1-8(7-10)11(18)19/h8-10H,1-7H2,(H,18,19)/t8-,10+/m0/s1. The van der Waals surface area contributed by atoms with Gasteiger partial charge < -0.3 is 14.7 Å². The Bertz CT molecular complexity index is 407. The van der Waals surface area contributed by atoms with Gasteiger partial charge in [-0.1, -0.05) is 0 Å². The van der Waals surface area contributed by atoms with Gasteiger partial charge in [-0.2, -0.15) is 13.2 Å². The molecule has 0 aromatic rings. The SMILES string of the molecule is O=C(O)[C@H]1CC[C@@H](N(C(=O)C(F)(F)F)C2CCOCC2)C1. The Kier molecular flexibility index (Phi) is 4.75. The molecule has 2 fully saturated rings. The van der Waals surface area contributed by atoms with E-state index in [4.69, 9.17) is 9.84 Å². The van der Waals surface area contributed by atoms with E-state index in [2.05, 4.69) is 0 Å². The number of alkyl halides is 3. The van der Waals surface area contributed by atoms with Crippen LogP contribution in [0, 0.1) is 5.92 Å². The Balaban J connectivity index is 2.16. The van der Waals surface area contributed by atoms with Crippen molar-refractivity contribution in [3.63, 3.8) is 0 Å². The average Bonchev–Trinajstić information content (AvgIpc) is 2.89. The summed E-state index contributed by atoms with van der Waals surface area (Å²) in [5.41, 5.74) is 0. The number of carboxylic acid groups (broad SMARTS) is 1. The number of carboxylic acids is 1. The van der Waals surface area contributed by atoms with E-state index < -0.39 is 36.1 Å². The fraction of sp³-hybridized carbons (Fsp3) is 0.846. The van der Waals surface area contributed by atoms with Crippen LogP contribution in [-0.4, -0.2) is 53.4 Å². The van der Waals surface area contributed by atoms with Crippen molar-refractivity contribution in [2.24, 2.45) is 5.92 Å². The van der Waals surface area contributed by atoms with Crippen LogP contribution < -0.4 is 0 Å². The van der Waals surface area contributed by atoms with Gasteiger partial charge >= 0.3 is 18.1 Å². The molecule has 0 radical (unpaired) electrons. The van der Waals surface area contributed by atoms with Crippen molar-refractivity contribution in [3.8, 4) is 0 Å². The minimum Gasteiger partial charge on any atom is -0.481 e. The largest absolute Gasteiger partial charge is 0.481 e. The van der Waals surface area contributed by atoms with Gasteiger partial charge in [0.25, 0.3) is 0 Å². The van der Waals surface area contributed by atoms with Gasteiger partial charge in [0.2, 0.25) is 0 Å². The van der Waals surface area contributed by atoms with E-state index >= 15 is 0 Å². The van der Waals surface area contributed by atoms with Crippen LogP contribution in [0.1, 0.15) is 32.1 Å². The topological polar surface area (TPSA) is 66.8 Å². The summed E-state index contributed by atoms with van der Waals surface area (Å²) in [5.74, 6) is -3.53. The van der Waals surface area contributed by atoms with Crippen LogP contribution in [-0.2, 0) is 14.3 Å². The fourth-order valence-corrected chi connectivity index (χ4v) is 3.17. The van der Waals surface area contributed by atoms with Crippen LogP contribution in [0.25, 0.3) is 0 Å². The highest BCUT2D eigenvalue weighted by atomic mass is 19.4. The number of rotatable bonds is 3. The highest BCUT2D eigenvalue weighted by Gasteiger charge is 2.48. The van der Waals surface area contributed by atoms with Crippen molar-refractivity contribution in [1.82, 2.24) is 4.90 Å². The monoisotopic (exact) mass is 309 g/mol. The summed E-state index contributed by atoms with van der Waals surface area (Å²) < 4.78 is 43.6. The highest BCUT2D eigenvalue weighted by Crippen LogP contribution is 2.35. The van der Waals surface area contributed by atoms with Crippen molar-refractivity contribution in [2.75, 3.05) is 13.2 Å². The molecule has 0 aromatic heterocycles.